The van der Waals surface area contributed by atoms with Gasteiger partial charge >= 0.3 is 0 Å². The number of nitrogens with one attached hydrogen (secondary N) is 1. The first kappa shape index (κ1) is 17.2. The van der Waals surface area contributed by atoms with E-state index in [-0.39, 0.29) is 33.8 Å². The van der Waals surface area contributed by atoms with Gasteiger partial charge in [0.2, 0.25) is 5.91 Å². The first-order valence-corrected chi connectivity index (χ1v) is 7.05. The van der Waals surface area contributed by atoms with E-state index in [0.717, 1.165) is 0 Å². The molecule has 0 bridgehead atoms. The number of rotatable bonds is 4. The smallest absolute Gasteiger partial charge is 0.228 e. The van der Waals surface area contributed by atoms with Gasteiger partial charge in [-0.3, -0.25) is 4.79 Å². The van der Waals surface area contributed by atoms with Gasteiger partial charge in [0.05, 0.1) is 16.0 Å². The monoisotopic (exact) mass is 320 g/mol. The minimum atomic E-state index is -0.698. The van der Waals surface area contributed by atoms with Crippen molar-refractivity contribution in [3.8, 4) is 0 Å². The minimum absolute atomic E-state index is 0.0144. The highest BCUT2D eigenvalue weighted by Gasteiger charge is 2.24. The molecule has 0 saturated carbocycles. The molecule has 1 rings (SSSR count). The molecule has 3 nitrogen and oxygen atoms in total. The van der Waals surface area contributed by atoms with Crippen LogP contribution in [0.15, 0.2) is 12.1 Å². The Morgan fingerprint density at radius 3 is 2.25 bits per heavy atom. The summed E-state index contributed by atoms with van der Waals surface area (Å²) in [6.07, 6.45) is 0.651. The van der Waals surface area contributed by atoms with Crippen LogP contribution in [0, 0.1) is 17.2 Å². The van der Waals surface area contributed by atoms with E-state index in [9.17, 15) is 9.18 Å². The molecule has 3 N–H and O–H groups in total. The molecule has 1 aromatic rings. The Hall–Kier alpha value is -0.840. The van der Waals surface area contributed by atoms with Gasteiger partial charge in [0.25, 0.3) is 0 Å². The molecule has 0 aromatic heterocycles. The van der Waals surface area contributed by atoms with Crippen molar-refractivity contribution in [1.29, 1.82) is 0 Å². The zero-order valence-corrected chi connectivity index (χ0v) is 13.3. The molecule has 0 aliphatic heterocycles. The number of amides is 1. The Labute approximate surface area is 128 Å². The Balaban J connectivity index is 2.84. The van der Waals surface area contributed by atoms with Gasteiger partial charge in [0.15, 0.2) is 5.82 Å². The van der Waals surface area contributed by atoms with Gasteiger partial charge in [-0.2, -0.15) is 0 Å². The highest BCUT2D eigenvalue weighted by atomic mass is 35.5. The second kappa shape index (κ2) is 6.74. The molecule has 1 aromatic carbocycles. The van der Waals surface area contributed by atoms with Crippen molar-refractivity contribution in [3.63, 3.8) is 0 Å². The third-order valence-corrected chi connectivity index (χ3v) is 3.32. The Morgan fingerprint density at radius 2 is 1.85 bits per heavy atom. The lowest BCUT2D eigenvalue weighted by molar-refractivity contribution is -0.120. The quantitative estimate of drug-likeness (QED) is 0.821. The number of carbonyl (C=O) groups excluding carboxylic acids is 1. The van der Waals surface area contributed by atoms with Gasteiger partial charge in [0.1, 0.15) is 0 Å². The Kier molecular flexibility index (Phi) is 5.80. The lowest BCUT2D eigenvalue weighted by Crippen LogP contribution is -2.32. The van der Waals surface area contributed by atoms with E-state index in [0.29, 0.717) is 12.1 Å². The number of hydrogen-bond acceptors (Lipinski definition) is 2. The number of anilines is 1. The second-order valence-electron chi connectivity index (χ2n) is 5.94. The van der Waals surface area contributed by atoms with Gasteiger partial charge < -0.3 is 11.1 Å². The number of hydrogen-bond donors (Lipinski definition) is 2. The molecule has 0 fully saturated rings. The number of nitrogens with two attached hydrogens (primary N) is 1. The van der Waals surface area contributed by atoms with Crippen molar-refractivity contribution in [1.82, 2.24) is 0 Å². The molecule has 0 heterocycles. The summed E-state index contributed by atoms with van der Waals surface area (Å²) < 4.78 is 13.3. The summed E-state index contributed by atoms with van der Waals surface area (Å²) >= 11 is 11.4. The maximum Gasteiger partial charge on any atom is 0.228 e. The Bertz CT molecular complexity index is 477. The molecule has 0 radical (unpaired) electrons. The summed E-state index contributed by atoms with van der Waals surface area (Å²) in [5.41, 5.74) is 5.99. The van der Waals surface area contributed by atoms with Crippen LogP contribution < -0.4 is 11.1 Å². The number of benzene rings is 1. The highest BCUT2D eigenvalue weighted by Crippen LogP contribution is 2.29. The van der Waals surface area contributed by atoms with Crippen LogP contribution in [0.2, 0.25) is 10.0 Å². The van der Waals surface area contributed by atoms with Crippen molar-refractivity contribution in [3.05, 3.63) is 28.0 Å². The van der Waals surface area contributed by atoms with Crippen LogP contribution in [-0.2, 0) is 4.79 Å². The van der Waals surface area contributed by atoms with Crippen LogP contribution in [0.25, 0.3) is 0 Å². The zero-order chi connectivity index (χ0) is 15.5. The normalized spacial score (nSPS) is 13.2. The van der Waals surface area contributed by atoms with Crippen LogP contribution in [0.3, 0.4) is 0 Å². The van der Waals surface area contributed by atoms with Gasteiger partial charge in [-0.15, -0.1) is 0 Å². The largest absolute Gasteiger partial charge is 0.330 e. The van der Waals surface area contributed by atoms with Gasteiger partial charge in [-0.25, -0.2) is 4.39 Å². The van der Waals surface area contributed by atoms with Crippen LogP contribution in [0.4, 0.5) is 10.1 Å². The van der Waals surface area contributed by atoms with Crippen LogP contribution >= 0.6 is 23.2 Å². The molecule has 0 spiro atoms. The van der Waals surface area contributed by atoms with E-state index in [1.54, 1.807) is 0 Å². The fourth-order valence-electron chi connectivity index (χ4n) is 1.89. The van der Waals surface area contributed by atoms with Gasteiger partial charge in [0, 0.05) is 12.2 Å². The molecule has 1 atom stereocenters. The fraction of sp³-hybridized carbons (Fsp3) is 0.500. The Morgan fingerprint density at radius 1 is 1.35 bits per heavy atom. The van der Waals surface area contributed by atoms with Crippen LogP contribution in [0.1, 0.15) is 27.2 Å². The number of carbonyl (C=O) groups is 1. The molecular weight excluding hydrogens is 302 g/mol. The SMILES string of the molecule is CC(C)(C)CC(CN)C(=O)Nc1cc(Cl)c(F)c(Cl)c1. The van der Waals surface area contributed by atoms with Gasteiger partial charge in [-0.1, -0.05) is 44.0 Å². The van der Waals surface area contributed by atoms with E-state index in [4.69, 9.17) is 28.9 Å². The highest BCUT2D eigenvalue weighted by molar-refractivity contribution is 6.35. The van der Waals surface area contributed by atoms with E-state index in [1.807, 2.05) is 20.8 Å². The average molecular weight is 321 g/mol. The first-order valence-electron chi connectivity index (χ1n) is 6.29. The predicted molar refractivity (Wildman–Crippen MR) is 81.7 cm³/mol. The maximum absolute atomic E-state index is 13.3. The predicted octanol–water partition coefficient (Wildman–Crippen LogP) is 4.08. The van der Waals surface area contributed by atoms with E-state index in [1.165, 1.54) is 12.1 Å². The molecular formula is C14H19Cl2FN2O. The molecule has 20 heavy (non-hydrogen) atoms. The summed E-state index contributed by atoms with van der Waals surface area (Å²) in [7, 11) is 0. The average Bonchev–Trinajstić information content (AvgIpc) is 2.31. The summed E-state index contributed by atoms with van der Waals surface area (Å²) in [4.78, 5) is 12.2. The van der Waals surface area contributed by atoms with Crippen molar-refractivity contribution in [2.75, 3.05) is 11.9 Å². The van der Waals surface area contributed by atoms with Crippen molar-refractivity contribution < 1.29 is 9.18 Å². The third kappa shape index (κ3) is 4.93. The van der Waals surface area contributed by atoms with Crippen molar-refractivity contribution >= 4 is 34.8 Å². The summed E-state index contributed by atoms with van der Waals surface area (Å²) in [6, 6.07) is 2.65. The standard InChI is InChI=1S/C14H19Cl2FN2O/c1-14(2,3)6-8(7-18)13(20)19-9-4-10(15)12(17)11(16)5-9/h4-5,8H,6-7,18H2,1-3H3,(H,19,20). The summed E-state index contributed by atoms with van der Waals surface area (Å²) in [5, 5.41) is 2.41. The van der Waals surface area contributed by atoms with Crippen LogP contribution in [-0.4, -0.2) is 12.5 Å². The fourth-order valence-corrected chi connectivity index (χ4v) is 2.38. The minimum Gasteiger partial charge on any atom is -0.330 e. The van der Waals surface area contributed by atoms with Crippen LogP contribution in [0.5, 0.6) is 0 Å². The molecule has 1 amide bonds. The third-order valence-electron chi connectivity index (χ3n) is 2.77. The topological polar surface area (TPSA) is 55.1 Å². The summed E-state index contributed by atoms with van der Waals surface area (Å²) in [5.74, 6) is -1.24. The molecule has 112 valence electrons. The first-order chi connectivity index (χ1) is 9.14. The van der Waals surface area contributed by atoms with Crippen molar-refractivity contribution in [2.45, 2.75) is 27.2 Å². The molecule has 1 unspecified atom stereocenters. The van der Waals surface area contributed by atoms with E-state index >= 15 is 0 Å². The maximum atomic E-state index is 13.3. The lowest BCUT2D eigenvalue weighted by atomic mass is 9.84. The summed E-state index contributed by atoms with van der Waals surface area (Å²) in [6.45, 7) is 6.35. The molecule has 0 aliphatic rings. The second-order valence-corrected chi connectivity index (χ2v) is 6.75. The van der Waals surface area contributed by atoms with E-state index < -0.39 is 5.82 Å². The molecule has 0 saturated heterocycles. The zero-order valence-electron chi connectivity index (χ0n) is 11.8. The van der Waals surface area contributed by atoms with Gasteiger partial charge in [-0.05, 0) is 24.0 Å². The molecule has 0 aliphatic carbocycles. The number of halogens is 3. The van der Waals surface area contributed by atoms with E-state index in [2.05, 4.69) is 5.32 Å². The molecule has 6 heteroatoms. The lowest BCUT2D eigenvalue weighted by Gasteiger charge is -2.24. The van der Waals surface area contributed by atoms with Crippen molar-refractivity contribution in [2.24, 2.45) is 17.1 Å².